The van der Waals surface area contributed by atoms with Gasteiger partial charge in [-0.15, -0.1) is 0 Å². The zero-order valence-electron chi connectivity index (χ0n) is 17.0. The highest BCUT2D eigenvalue weighted by Gasteiger charge is 2.17. The molecular weight excluding hydrogens is 396 g/mol. The summed E-state index contributed by atoms with van der Waals surface area (Å²) in [6, 6.07) is 20.0. The van der Waals surface area contributed by atoms with Crippen LogP contribution in [0.15, 0.2) is 66.9 Å². The highest BCUT2D eigenvalue weighted by atomic mass is 35.5. The van der Waals surface area contributed by atoms with Crippen LogP contribution < -0.4 is 4.74 Å². The predicted molar refractivity (Wildman–Crippen MR) is 122 cm³/mol. The van der Waals surface area contributed by atoms with Gasteiger partial charge in [-0.3, -0.25) is 9.88 Å². The summed E-state index contributed by atoms with van der Waals surface area (Å²) in [6.07, 6.45) is 4.05. The predicted octanol–water partition coefficient (Wildman–Crippen LogP) is 5.15. The van der Waals surface area contributed by atoms with Crippen LogP contribution in [0.4, 0.5) is 0 Å². The smallest absolute Gasteiger partial charge is 0.119 e. The van der Waals surface area contributed by atoms with Gasteiger partial charge in [0.2, 0.25) is 0 Å². The van der Waals surface area contributed by atoms with Crippen molar-refractivity contribution in [1.29, 1.82) is 0 Å². The van der Waals surface area contributed by atoms with E-state index in [0.29, 0.717) is 19.1 Å². The lowest BCUT2D eigenvalue weighted by molar-refractivity contribution is 0.119. The molecule has 1 aliphatic rings. The SMILES string of the molecule is OCC1CCN(CCOc2ccc(-c3ccc(-c4ccc(Cl)cc4)cn3)cc2)CC1. The summed E-state index contributed by atoms with van der Waals surface area (Å²) in [5.74, 6) is 1.35. The number of pyridine rings is 1. The molecule has 0 radical (unpaired) electrons. The van der Waals surface area contributed by atoms with Crippen LogP contribution in [0.1, 0.15) is 12.8 Å². The van der Waals surface area contributed by atoms with Crippen LogP contribution in [-0.2, 0) is 0 Å². The minimum Gasteiger partial charge on any atom is -0.492 e. The number of aliphatic hydroxyl groups is 1. The Balaban J connectivity index is 1.29. The van der Waals surface area contributed by atoms with E-state index in [1.54, 1.807) is 0 Å². The van der Waals surface area contributed by atoms with E-state index in [0.717, 1.165) is 65.6 Å². The summed E-state index contributed by atoms with van der Waals surface area (Å²) in [5.41, 5.74) is 4.17. The van der Waals surface area contributed by atoms with Crippen molar-refractivity contribution in [2.24, 2.45) is 5.92 Å². The van der Waals surface area contributed by atoms with Crippen molar-refractivity contribution in [3.05, 3.63) is 71.9 Å². The van der Waals surface area contributed by atoms with Gasteiger partial charge in [0.25, 0.3) is 0 Å². The Labute approximate surface area is 183 Å². The molecule has 1 aromatic heterocycles. The van der Waals surface area contributed by atoms with Crippen LogP contribution >= 0.6 is 11.6 Å². The third kappa shape index (κ3) is 5.39. The summed E-state index contributed by atoms with van der Waals surface area (Å²) >= 11 is 5.96. The second-order valence-corrected chi connectivity index (χ2v) is 8.22. The Morgan fingerprint density at radius 1 is 0.900 bits per heavy atom. The van der Waals surface area contributed by atoms with E-state index in [9.17, 15) is 5.11 Å². The molecule has 0 spiro atoms. The zero-order valence-corrected chi connectivity index (χ0v) is 17.8. The molecule has 1 fully saturated rings. The molecule has 30 heavy (non-hydrogen) atoms. The van der Waals surface area contributed by atoms with E-state index < -0.39 is 0 Å². The van der Waals surface area contributed by atoms with Crippen molar-refractivity contribution in [2.75, 3.05) is 32.8 Å². The molecule has 1 saturated heterocycles. The van der Waals surface area contributed by atoms with Crippen LogP contribution in [0.25, 0.3) is 22.4 Å². The minimum absolute atomic E-state index is 0.315. The lowest BCUT2D eigenvalue weighted by atomic mass is 9.98. The Morgan fingerprint density at radius 3 is 2.20 bits per heavy atom. The maximum atomic E-state index is 9.23. The Morgan fingerprint density at radius 2 is 1.57 bits per heavy atom. The fourth-order valence-corrected chi connectivity index (χ4v) is 3.91. The maximum Gasteiger partial charge on any atom is 0.119 e. The van der Waals surface area contributed by atoms with Gasteiger partial charge >= 0.3 is 0 Å². The van der Waals surface area contributed by atoms with Crippen molar-refractivity contribution in [3.8, 4) is 28.1 Å². The lowest BCUT2D eigenvalue weighted by Crippen LogP contribution is -2.37. The third-order valence-corrected chi connectivity index (χ3v) is 5.98. The molecule has 4 nitrogen and oxygen atoms in total. The van der Waals surface area contributed by atoms with Gasteiger partial charge in [0.1, 0.15) is 12.4 Å². The molecule has 2 heterocycles. The molecule has 0 unspecified atom stereocenters. The second-order valence-electron chi connectivity index (χ2n) is 7.78. The molecule has 1 N–H and O–H groups in total. The first kappa shape index (κ1) is 20.9. The number of ether oxygens (including phenoxy) is 1. The van der Waals surface area contributed by atoms with Crippen LogP contribution in [0.3, 0.4) is 0 Å². The summed E-state index contributed by atoms with van der Waals surface area (Å²) in [4.78, 5) is 7.02. The fraction of sp³-hybridized carbons (Fsp3) is 0.320. The number of hydrogen-bond acceptors (Lipinski definition) is 4. The zero-order chi connectivity index (χ0) is 20.8. The van der Waals surface area contributed by atoms with Crippen molar-refractivity contribution >= 4 is 11.6 Å². The second kappa shape index (κ2) is 10.1. The molecule has 0 saturated carbocycles. The lowest BCUT2D eigenvalue weighted by Gasteiger charge is -2.30. The average Bonchev–Trinajstić information content (AvgIpc) is 2.81. The normalized spacial score (nSPS) is 15.3. The van der Waals surface area contributed by atoms with Gasteiger partial charge in [0.05, 0.1) is 5.69 Å². The average molecular weight is 423 g/mol. The molecule has 1 aliphatic heterocycles. The molecule has 156 valence electrons. The Hall–Kier alpha value is -2.40. The number of hydrogen-bond donors (Lipinski definition) is 1. The van der Waals surface area contributed by atoms with Crippen LogP contribution in [-0.4, -0.2) is 47.8 Å². The van der Waals surface area contributed by atoms with Gasteiger partial charge < -0.3 is 9.84 Å². The molecule has 0 amide bonds. The van der Waals surface area contributed by atoms with Gasteiger partial charge in [0.15, 0.2) is 0 Å². The fourth-order valence-electron chi connectivity index (χ4n) is 3.78. The van der Waals surface area contributed by atoms with Crippen LogP contribution in [0, 0.1) is 5.92 Å². The summed E-state index contributed by atoms with van der Waals surface area (Å²) in [5, 5.41) is 9.96. The van der Waals surface area contributed by atoms with Crippen molar-refractivity contribution < 1.29 is 9.84 Å². The molecule has 0 bridgehead atoms. The standard InChI is InChI=1S/C25H27ClN2O2/c26-23-6-1-20(2-7-23)22-5-10-25(27-17-22)21-3-8-24(9-4-21)30-16-15-28-13-11-19(18-29)12-14-28/h1-10,17,19,29H,11-16,18H2. The largest absolute Gasteiger partial charge is 0.492 e. The minimum atomic E-state index is 0.315. The topological polar surface area (TPSA) is 45.6 Å². The number of aliphatic hydroxyl groups excluding tert-OH is 1. The van der Waals surface area contributed by atoms with E-state index in [2.05, 4.69) is 16.0 Å². The van der Waals surface area contributed by atoms with E-state index in [1.807, 2.05) is 60.8 Å². The van der Waals surface area contributed by atoms with Crippen molar-refractivity contribution in [2.45, 2.75) is 12.8 Å². The summed E-state index contributed by atoms with van der Waals surface area (Å²) in [7, 11) is 0. The van der Waals surface area contributed by atoms with Crippen LogP contribution in [0.2, 0.25) is 5.02 Å². The van der Waals surface area contributed by atoms with E-state index in [1.165, 1.54) is 0 Å². The molecule has 0 aliphatic carbocycles. The number of piperidine rings is 1. The van der Waals surface area contributed by atoms with E-state index in [4.69, 9.17) is 16.3 Å². The Bertz CT molecular complexity index is 919. The van der Waals surface area contributed by atoms with E-state index in [-0.39, 0.29) is 0 Å². The van der Waals surface area contributed by atoms with Crippen molar-refractivity contribution in [1.82, 2.24) is 9.88 Å². The third-order valence-electron chi connectivity index (χ3n) is 5.73. The van der Waals surface area contributed by atoms with Gasteiger partial charge in [-0.1, -0.05) is 29.8 Å². The first-order valence-electron chi connectivity index (χ1n) is 10.5. The maximum absolute atomic E-state index is 9.23. The van der Waals surface area contributed by atoms with Crippen LogP contribution in [0.5, 0.6) is 5.75 Å². The first-order valence-corrected chi connectivity index (χ1v) is 10.9. The number of benzene rings is 2. The van der Waals surface area contributed by atoms with Gasteiger partial charge in [0, 0.05) is 35.5 Å². The van der Waals surface area contributed by atoms with Crippen molar-refractivity contribution in [3.63, 3.8) is 0 Å². The molecule has 5 heteroatoms. The molecule has 0 atom stereocenters. The quantitative estimate of drug-likeness (QED) is 0.571. The number of halogens is 1. The molecule has 3 aromatic rings. The summed E-state index contributed by atoms with van der Waals surface area (Å²) in [6.45, 7) is 4.01. The monoisotopic (exact) mass is 422 g/mol. The van der Waals surface area contributed by atoms with Gasteiger partial charge in [-0.25, -0.2) is 0 Å². The first-order chi connectivity index (χ1) is 14.7. The Kier molecular flexibility index (Phi) is 7.00. The number of likely N-dealkylation sites (tertiary alicyclic amines) is 1. The van der Waals surface area contributed by atoms with Gasteiger partial charge in [-0.2, -0.15) is 0 Å². The molecular formula is C25H27ClN2O2. The molecule has 2 aromatic carbocycles. The molecule has 4 rings (SSSR count). The number of rotatable bonds is 7. The summed E-state index contributed by atoms with van der Waals surface area (Å²) < 4.78 is 5.92. The highest BCUT2D eigenvalue weighted by Crippen LogP contribution is 2.25. The highest BCUT2D eigenvalue weighted by molar-refractivity contribution is 6.30. The van der Waals surface area contributed by atoms with E-state index >= 15 is 0 Å². The number of nitrogens with zero attached hydrogens (tertiary/aromatic N) is 2. The number of aromatic nitrogens is 1. The van der Waals surface area contributed by atoms with Gasteiger partial charge in [-0.05, 0) is 79.9 Å².